The van der Waals surface area contributed by atoms with Crippen molar-refractivity contribution in [2.45, 2.75) is 6.92 Å². The molecule has 6 heteroatoms. The molecule has 1 aromatic rings. The first kappa shape index (κ1) is 9.24. The van der Waals surface area contributed by atoms with Crippen LogP contribution in [0, 0.1) is 17.0 Å². The number of carbonyl (C=O) groups is 1. The third kappa shape index (κ3) is 1.37. The third-order valence-electron chi connectivity index (χ3n) is 1.81. The lowest BCUT2D eigenvalue weighted by molar-refractivity contribution is -0.385. The number of aryl methyl sites for hydroxylation is 1. The topological polar surface area (TPSA) is 85.4 Å². The monoisotopic (exact) mass is 184 g/mol. The van der Waals surface area contributed by atoms with Gasteiger partial charge in [-0.25, -0.2) is 4.79 Å². The van der Waals surface area contributed by atoms with Gasteiger partial charge in [-0.1, -0.05) is 0 Å². The Morgan fingerprint density at radius 3 is 2.46 bits per heavy atom. The summed E-state index contributed by atoms with van der Waals surface area (Å²) in [6, 6.07) is 0. The van der Waals surface area contributed by atoms with Gasteiger partial charge in [0.2, 0.25) is 0 Å². The minimum Gasteiger partial charge on any atom is -0.477 e. The first-order chi connectivity index (χ1) is 5.95. The second-order valence-electron chi connectivity index (χ2n) is 2.66. The quantitative estimate of drug-likeness (QED) is 0.547. The van der Waals surface area contributed by atoms with Gasteiger partial charge in [0.25, 0.3) is 5.69 Å². The number of hydrogen-bond donors (Lipinski definition) is 1. The van der Waals surface area contributed by atoms with Gasteiger partial charge < -0.3 is 9.67 Å². The lowest BCUT2D eigenvalue weighted by Gasteiger charge is -1.95. The van der Waals surface area contributed by atoms with Gasteiger partial charge in [-0.2, -0.15) is 0 Å². The SMILES string of the molecule is Cc1c([N+](=O)[O-])cn(C)c1C(=O)O. The Balaban J connectivity index is 3.39. The second-order valence-corrected chi connectivity index (χ2v) is 2.66. The molecule has 13 heavy (non-hydrogen) atoms. The Hall–Kier alpha value is -1.85. The lowest BCUT2D eigenvalue weighted by atomic mass is 10.2. The molecule has 0 amide bonds. The van der Waals surface area contributed by atoms with Crippen LogP contribution in [-0.2, 0) is 7.05 Å². The largest absolute Gasteiger partial charge is 0.477 e. The average molecular weight is 184 g/mol. The Morgan fingerprint density at radius 1 is 1.69 bits per heavy atom. The summed E-state index contributed by atoms with van der Waals surface area (Å²) in [4.78, 5) is 20.4. The highest BCUT2D eigenvalue weighted by atomic mass is 16.6. The first-order valence-electron chi connectivity index (χ1n) is 3.48. The van der Waals surface area contributed by atoms with Gasteiger partial charge >= 0.3 is 5.97 Å². The summed E-state index contributed by atoms with van der Waals surface area (Å²) < 4.78 is 1.23. The summed E-state index contributed by atoms with van der Waals surface area (Å²) in [6.07, 6.45) is 1.19. The summed E-state index contributed by atoms with van der Waals surface area (Å²) in [7, 11) is 1.46. The lowest BCUT2D eigenvalue weighted by Crippen LogP contribution is -2.05. The number of nitro groups is 1. The molecule has 0 saturated carbocycles. The minimum atomic E-state index is -1.16. The van der Waals surface area contributed by atoms with Crippen LogP contribution >= 0.6 is 0 Å². The molecule has 0 unspecified atom stereocenters. The molecule has 0 aliphatic carbocycles. The molecule has 0 saturated heterocycles. The highest BCUT2D eigenvalue weighted by Gasteiger charge is 2.22. The average Bonchev–Trinajstić information content (AvgIpc) is 2.26. The Morgan fingerprint density at radius 2 is 2.23 bits per heavy atom. The predicted molar refractivity (Wildman–Crippen MR) is 43.8 cm³/mol. The van der Waals surface area contributed by atoms with E-state index in [1.807, 2.05) is 0 Å². The van der Waals surface area contributed by atoms with Crippen LogP contribution in [0.15, 0.2) is 6.20 Å². The van der Waals surface area contributed by atoms with E-state index in [0.717, 1.165) is 0 Å². The van der Waals surface area contributed by atoms with Crippen LogP contribution in [0.25, 0.3) is 0 Å². The number of aromatic carboxylic acids is 1. The van der Waals surface area contributed by atoms with E-state index in [1.54, 1.807) is 0 Å². The molecule has 0 bridgehead atoms. The molecular weight excluding hydrogens is 176 g/mol. The van der Waals surface area contributed by atoms with E-state index in [2.05, 4.69) is 0 Å². The van der Waals surface area contributed by atoms with Crippen molar-refractivity contribution in [1.82, 2.24) is 4.57 Å². The van der Waals surface area contributed by atoms with E-state index >= 15 is 0 Å². The summed E-state index contributed by atoms with van der Waals surface area (Å²) in [6.45, 7) is 1.42. The molecule has 70 valence electrons. The predicted octanol–water partition coefficient (Wildman–Crippen LogP) is 0.940. The van der Waals surface area contributed by atoms with Crippen molar-refractivity contribution in [3.63, 3.8) is 0 Å². The van der Waals surface area contributed by atoms with E-state index in [4.69, 9.17) is 5.11 Å². The number of aromatic nitrogens is 1. The van der Waals surface area contributed by atoms with Gasteiger partial charge in [0.1, 0.15) is 5.69 Å². The molecular formula is C7H8N2O4. The van der Waals surface area contributed by atoms with E-state index in [0.29, 0.717) is 0 Å². The van der Waals surface area contributed by atoms with Gasteiger partial charge in [-0.3, -0.25) is 10.1 Å². The van der Waals surface area contributed by atoms with Gasteiger partial charge in [0.15, 0.2) is 0 Å². The molecule has 0 fully saturated rings. The Kier molecular flexibility index (Phi) is 2.05. The van der Waals surface area contributed by atoms with E-state index in [1.165, 1.54) is 24.7 Å². The molecule has 0 aliphatic rings. The molecule has 6 nitrogen and oxygen atoms in total. The Labute approximate surface area is 73.6 Å². The van der Waals surface area contributed by atoms with Gasteiger partial charge in [-0.05, 0) is 6.92 Å². The van der Waals surface area contributed by atoms with Crippen LogP contribution in [-0.4, -0.2) is 20.6 Å². The van der Waals surface area contributed by atoms with Crippen LogP contribution in [0.2, 0.25) is 0 Å². The van der Waals surface area contributed by atoms with Crippen molar-refractivity contribution in [2.24, 2.45) is 7.05 Å². The molecule has 0 aliphatic heterocycles. The fourth-order valence-corrected chi connectivity index (χ4v) is 1.23. The fourth-order valence-electron chi connectivity index (χ4n) is 1.23. The highest BCUT2D eigenvalue weighted by Crippen LogP contribution is 2.22. The molecule has 0 atom stereocenters. The van der Waals surface area contributed by atoms with Crippen LogP contribution in [0.5, 0.6) is 0 Å². The summed E-state index contributed by atoms with van der Waals surface area (Å²) in [5, 5.41) is 19.1. The summed E-state index contributed by atoms with van der Waals surface area (Å²) in [5.41, 5.74) is -0.0356. The molecule has 1 rings (SSSR count). The Bertz CT molecular complexity index is 380. The standard InChI is InChI=1S/C7H8N2O4/c1-4-5(9(12)13)3-8(2)6(4)7(10)11/h3H,1-2H3,(H,10,11). The van der Waals surface area contributed by atoms with Gasteiger partial charge in [0.05, 0.1) is 16.7 Å². The third-order valence-corrected chi connectivity index (χ3v) is 1.81. The molecule has 0 radical (unpaired) electrons. The number of carboxylic acids is 1. The normalized spacial score (nSPS) is 10.0. The maximum Gasteiger partial charge on any atom is 0.353 e. The number of hydrogen-bond acceptors (Lipinski definition) is 3. The number of carboxylic acid groups (broad SMARTS) is 1. The van der Waals surface area contributed by atoms with Crippen molar-refractivity contribution in [3.05, 3.63) is 27.6 Å². The summed E-state index contributed by atoms with van der Waals surface area (Å²) >= 11 is 0. The van der Waals surface area contributed by atoms with Gasteiger partial charge in [0, 0.05) is 7.05 Å². The first-order valence-corrected chi connectivity index (χ1v) is 3.48. The maximum absolute atomic E-state index is 10.6. The molecule has 1 aromatic heterocycles. The van der Waals surface area contributed by atoms with E-state index < -0.39 is 10.9 Å². The number of nitrogens with zero attached hydrogens (tertiary/aromatic N) is 2. The van der Waals surface area contributed by atoms with Crippen LogP contribution in [0.3, 0.4) is 0 Å². The zero-order valence-corrected chi connectivity index (χ0v) is 7.14. The fraction of sp³-hybridized carbons (Fsp3) is 0.286. The van der Waals surface area contributed by atoms with Crippen molar-refractivity contribution >= 4 is 11.7 Å². The molecule has 1 N–H and O–H groups in total. The summed E-state index contributed by atoms with van der Waals surface area (Å²) in [5.74, 6) is -1.16. The number of rotatable bonds is 2. The van der Waals surface area contributed by atoms with Crippen molar-refractivity contribution in [1.29, 1.82) is 0 Å². The minimum absolute atomic E-state index is 0.0494. The highest BCUT2D eigenvalue weighted by molar-refractivity contribution is 5.89. The molecule has 0 spiro atoms. The molecule has 1 heterocycles. The van der Waals surface area contributed by atoms with Crippen molar-refractivity contribution in [2.75, 3.05) is 0 Å². The maximum atomic E-state index is 10.6. The van der Waals surface area contributed by atoms with Gasteiger partial charge in [-0.15, -0.1) is 0 Å². The molecule has 0 aromatic carbocycles. The van der Waals surface area contributed by atoms with Crippen LogP contribution in [0.4, 0.5) is 5.69 Å². The van der Waals surface area contributed by atoms with Crippen molar-refractivity contribution < 1.29 is 14.8 Å². The van der Waals surface area contributed by atoms with Crippen LogP contribution < -0.4 is 0 Å². The smallest absolute Gasteiger partial charge is 0.353 e. The van der Waals surface area contributed by atoms with Crippen LogP contribution in [0.1, 0.15) is 16.1 Å². The zero-order chi connectivity index (χ0) is 10.2. The zero-order valence-electron chi connectivity index (χ0n) is 7.14. The van der Waals surface area contributed by atoms with E-state index in [9.17, 15) is 14.9 Å². The van der Waals surface area contributed by atoms with E-state index in [-0.39, 0.29) is 16.9 Å². The van der Waals surface area contributed by atoms with Crippen molar-refractivity contribution in [3.8, 4) is 0 Å². The second kappa shape index (κ2) is 2.89.